The first kappa shape index (κ1) is 16.4. The number of nitrogens with zero attached hydrogens (tertiary/aromatic N) is 1. The average Bonchev–Trinajstić information content (AvgIpc) is 2.81. The summed E-state index contributed by atoms with van der Waals surface area (Å²) in [6.45, 7) is 3.30. The van der Waals surface area contributed by atoms with Gasteiger partial charge in [-0.3, -0.25) is 14.4 Å². The van der Waals surface area contributed by atoms with Gasteiger partial charge in [0, 0.05) is 17.5 Å². The molecular weight excluding hydrogens is 313 g/mol. The molecule has 0 N–H and O–H groups in total. The van der Waals surface area contributed by atoms with Gasteiger partial charge in [0.25, 0.3) is 0 Å². The largest absolute Gasteiger partial charge is 0.466 e. The molecular formula is C18H18FNO4. The number of benzene rings is 1. The third-order valence-electron chi connectivity index (χ3n) is 4.47. The predicted octanol–water partition coefficient (Wildman–Crippen LogP) is 2.22. The number of carbonyl (C=O) groups is 3. The number of para-hydroxylation sites is 1. The van der Waals surface area contributed by atoms with Crippen molar-refractivity contribution in [3.8, 4) is 0 Å². The number of ether oxygens (including phenoxy) is 1. The van der Waals surface area contributed by atoms with E-state index in [1.54, 1.807) is 23.6 Å². The zero-order valence-electron chi connectivity index (χ0n) is 13.6. The van der Waals surface area contributed by atoms with Crippen LogP contribution >= 0.6 is 0 Å². The summed E-state index contributed by atoms with van der Waals surface area (Å²) in [6, 6.07) is 4.62. The van der Waals surface area contributed by atoms with Gasteiger partial charge in [-0.1, -0.05) is 12.1 Å². The van der Waals surface area contributed by atoms with E-state index in [9.17, 15) is 18.8 Å². The van der Waals surface area contributed by atoms with Crippen molar-refractivity contribution in [1.82, 2.24) is 4.57 Å². The van der Waals surface area contributed by atoms with E-state index in [4.69, 9.17) is 4.74 Å². The lowest BCUT2D eigenvalue weighted by atomic mass is 9.89. The van der Waals surface area contributed by atoms with E-state index in [1.807, 2.05) is 0 Å². The highest BCUT2D eigenvalue weighted by Crippen LogP contribution is 2.33. The lowest BCUT2D eigenvalue weighted by molar-refractivity contribution is -0.142. The predicted molar refractivity (Wildman–Crippen MR) is 85.1 cm³/mol. The molecule has 0 saturated heterocycles. The number of hydrogen-bond donors (Lipinski definition) is 0. The van der Waals surface area contributed by atoms with E-state index in [1.165, 1.54) is 13.0 Å². The third-order valence-corrected chi connectivity index (χ3v) is 4.47. The summed E-state index contributed by atoms with van der Waals surface area (Å²) in [7, 11) is 0. The van der Waals surface area contributed by atoms with Crippen LogP contribution < -0.4 is 0 Å². The fraction of sp³-hybridized carbons (Fsp3) is 0.389. The third kappa shape index (κ3) is 2.62. The molecule has 126 valence electrons. The second-order valence-electron chi connectivity index (χ2n) is 5.96. The molecule has 1 atom stereocenters. The molecule has 0 bridgehead atoms. The van der Waals surface area contributed by atoms with E-state index in [0.29, 0.717) is 22.2 Å². The van der Waals surface area contributed by atoms with E-state index in [2.05, 4.69) is 0 Å². The molecule has 6 heteroatoms. The fourth-order valence-electron chi connectivity index (χ4n) is 3.39. The van der Waals surface area contributed by atoms with Crippen LogP contribution in [0.15, 0.2) is 18.2 Å². The van der Waals surface area contributed by atoms with Gasteiger partial charge in [-0.05, 0) is 25.5 Å². The second kappa shape index (κ2) is 6.19. The first-order valence-corrected chi connectivity index (χ1v) is 7.91. The number of esters is 1. The molecule has 0 amide bonds. The number of rotatable bonds is 4. The summed E-state index contributed by atoms with van der Waals surface area (Å²) in [5, 5.41) is 0.593. The topological polar surface area (TPSA) is 65.4 Å². The molecule has 2 aromatic rings. The smallest absolute Gasteiger partial charge is 0.310 e. The van der Waals surface area contributed by atoms with Gasteiger partial charge >= 0.3 is 5.97 Å². The van der Waals surface area contributed by atoms with Gasteiger partial charge in [0.15, 0.2) is 5.78 Å². The van der Waals surface area contributed by atoms with Crippen LogP contribution in [-0.2, 0) is 38.5 Å². The standard InChI is InChI=1S/C18H18FNO4/c1-3-24-17(23)8-13-11-5-4-6-14(19)18(11)20-9-16(22)12(10(2)21)7-15(13)20/h4-6,12H,3,7-9H2,1-2H3. The van der Waals surface area contributed by atoms with Crippen LogP contribution in [0, 0.1) is 11.7 Å². The maximum Gasteiger partial charge on any atom is 0.310 e. The molecule has 1 aromatic carbocycles. The Kier molecular flexibility index (Phi) is 4.22. The van der Waals surface area contributed by atoms with Crippen LogP contribution in [0.25, 0.3) is 10.9 Å². The number of halogens is 1. The maximum atomic E-state index is 14.3. The Bertz CT molecular complexity index is 852. The highest BCUT2D eigenvalue weighted by atomic mass is 19.1. The normalized spacial score (nSPS) is 17.0. The van der Waals surface area contributed by atoms with Gasteiger partial charge in [0.2, 0.25) is 0 Å². The van der Waals surface area contributed by atoms with E-state index in [0.717, 1.165) is 0 Å². The minimum atomic E-state index is -0.731. The van der Waals surface area contributed by atoms with Gasteiger partial charge in [-0.25, -0.2) is 4.39 Å². The number of ketones is 2. The monoisotopic (exact) mass is 331 g/mol. The molecule has 5 nitrogen and oxygen atoms in total. The molecule has 1 unspecified atom stereocenters. The molecule has 0 aliphatic carbocycles. The number of hydrogen-bond acceptors (Lipinski definition) is 4. The Labute approximate surface area is 138 Å². The SMILES string of the molecule is CCOC(=O)Cc1c2n(c3c(F)cccc13)CC(=O)C(C(C)=O)C2. The van der Waals surface area contributed by atoms with E-state index >= 15 is 0 Å². The van der Waals surface area contributed by atoms with Gasteiger partial charge in [-0.2, -0.15) is 0 Å². The highest BCUT2D eigenvalue weighted by molar-refractivity contribution is 6.03. The summed E-state index contributed by atoms with van der Waals surface area (Å²) in [4.78, 5) is 35.9. The molecule has 1 aliphatic heterocycles. The van der Waals surface area contributed by atoms with E-state index in [-0.39, 0.29) is 37.6 Å². The minimum absolute atomic E-state index is 0.00502. The van der Waals surface area contributed by atoms with E-state index < -0.39 is 17.7 Å². The van der Waals surface area contributed by atoms with Crippen molar-refractivity contribution in [1.29, 1.82) is 0 Å². The summed E-state index contributed by atoms with van der Waals surface area (Å²) < 4.78 is 20.9. The van der Waals surface area contributed by atoms with Crippen molar-refractivity contribution in [2.24, 2.45) is 5.92 Å². The highest BCUT2D eigenvalue weighted by Gasteiger charge is 2.34. The van der Waals surface area contributed by atoms with Gasteiger partial charge in [0.1, 0.15) is 11.6 Å². The number of fused-ring (bicyclic) bond motifs is 3. The van der Waals surface area contributed by atoms with Gasteiger partial charge in [0.05, 0.1) is 31.0 Å². The molecule has 0 saturated carbocycles. The Balaban J connectivity index is 2.18. The molecule has 0 fully saturated rings. The lowest BCUT2D eigenvalue weighted by Gasteiger charge is -2.23. The summed E-state index contributed by atoms with van der Waals surface area (Å²) >= 11 is 0. The van der Waals surface area contributed by atoms with Crippen LogP contribution in [0.5, 0.6) is 0 Å². The fourth-order valence-corrected chi connectivity index (χ4v) is 3.39. The quantitative estimate of drug-likeness (QED) is 0.636. The molecule has 2 heterocycles. The number of Topliss-reactive ketones (excluding diaryl/α,β-unsaturated/α-hetero) is 2. The molecule has 3 rings (SSSR count). The van der Waals surface area contributed by atoms with Crippen LogP contribution in [0.4, 0.5) is 4.39 Å². The lowest BCUT2D eigenvalue weighted by Crippen LogP contribution is -2.34. The molecule has 1 aromatic heterocycles. The van der Waals surface area contributed by atoms with Gasteiger partial charge < -0.3 is 9.30 Å². The maximum absolute atomic E-state index is 14.3. The summed E-state index contributed by atoms with van der Waals surface area (Å²) in [5.41, 5.74) is 1.62. The molecule has 24 heavy (non-hydrogen) atoms. The Morgan fingerprint density at radius 2 is 2.12 bits per heavy atom. The Morgan fingerprint density at radius 1 is 1.38 bits per heavy atom. The average molecular weight is 331 g/mol. The summed E-state index contributed by atoms with van der Waals surface area (Å²) in [6.07, 6.45) is 0.186. The molecule has 1 aliphatic rings. The first-order valence-electron chi connectivity index (χ1n) is 7.91. The van der Waals surface area contributed by atoms with Crippen molar-refractivity contribution in [3.63, 3.8) is 0 Å². The molecule has 0 spiro atoms. The van der Waals surface area contributed by atoms with Crippen molar-refractivity contribution in [2.45, 2.75) is 33.2 Å². The Hall–Kier alpha value is -2.50. The van der Waals surface area contributed by atoms with Crippen LogP contribution in [0.2, 0.25) is 0 Å². The second-order valence-corrected chi connectivity index (χ2v) is 5.96. The van der Waals surface area contributed by atoms with Crippen molar-refractivity contribution < 1.29 is 23.5 Å². The zero-order valence-corrected chi connectivity index (χ0v) is 13.6. The number of aromatic nitrogens is 1. The van der Waals surface area contributed by atoms with Crippen LogP contribution in [-0.4, -0.2) is 28.7 Å². The van der Waals surface area contributed by atoms with Crippen molar-refractivity contribution in [3.05, 3.63) is 35.3 Å². The summed E-state index contributed by atoms with van der Waals surface area (Å²) in [5.74, 6) is -2.02. The van der Waals surface area contributed by atoms with Crippen LogP contribution in [0.1, 0.15) is 25.1 Å². The van der Waals surface area contributed by atoms with Crippen LogP contribution in [0.3, 0.4) is 0 Å². The molecule has 0 radical (unpaired) electrons. The van der Waals surface area contributed by atoms with Gasteiger partial charge in [-0.15, -0.1) is 0 Å². The number of carbonyl (C=O) groups excluding carboxylic acids is 3. The Morgan fingerprint density at radius 3 is 2.79 bits per heavy atom. The zero-order chi connectivity index (χ0) is 17.4. The minimum Gasteiger partial charge on any atom is -0.466 e. The van der Waals surface area contributed by atoms with Crippen molar-refractivity contribution >= 4 is 28.4 Å². The van der Waals surface area contributed by atoms with Crippen molar-refractivity contribution in [2.75, 3.05) is 6.61 Å². The first-order chi connectivity index (χ1) is 11.4.